The minimum absolute atomic E-state index is 0.394. The van der Waals surface area contributed by atoms with E-state index in [1.165, 1.54) is 72.4 Å². The van der Waals surface area contributed by atoms with Gasteiger partial charge < -0.3 is 0 Å². The summed E-state index contributed by atoms with van der Waals surface area (Å²) in [5.41, 5.74) is 16.6. The smallest absolute Gasteiger partial charge is 0.0882 e. The van der Waals surface area contributed by atoms with Crippen LogP contribution in [0.5, 0.6) is 0 Å². The van der Waals surface area contributed by atoms with Crippen LogP contribution in [0.1, 0.15) is 79.1 Å². The van der Waals surface area contributed by atoms with Crippen molar-refractivity contribution >= 4 is 5.57 Å². The molecule has 0 amide bonds. The fourth-order valence-electron chi connectivity index (χ4n) is 9.28. The molecular formula is C54H49N. The quantitative estimate of drug-likeness (QED) is 0.136. The van der Waals surface area contributed by atoms with E-state index < -0.39 is 10.8 Å². The summed E-state index contributed by atoms with van der Waals surface area (Å²) in [5, 5.41) is 0. The summed E-state index contributed by atoms with van der Waals surface area (Å²) in [6.07, 6.45) is 21.4. The molecule has 270 valence electrons. The second-order valence-electron chi connectivity index (χ2n) is 14.9. The van der Waals surface area contributed by atoms with E-state index >= 15 is 0 Å². The predicted molar refractivity (Wildman–Crippen MR) is 233 cm³/mol. The Kier molecular flexibility index (Phi) is 10.0. The van der Waals surface area contributed by atoms with Gasteiger partial charge >= 0.3 is 0 Å². The highest BCUT2D eigenvalue weighted by molar-refractivity contribution is 5.96. The lowest BCUT2D eigenvalue weighted by molar-refractivity contribution is 0.693. The lowest BCUT2D eigenvalue weighted by Crippen LogP contribution is -2.30. The monoisotopic (exact) mass is 711 g/mol. The van der Waals surface area contributed by atoms with Crippen LogP contribution in [0.25, 0.3) is 27.8 Å². The summed E-state index contributed by atoms with van der Waals surface area (Å²) < 4.78 is 0. The molecule has 0 spiro atoms. The Bertz CT molecular complexity index is 2440. The molecule has 0 bridgehead atoms. The molecule has 2 aliphatic rings. The van der Waals surface area contributed by atoms with Gasteiger partial charge in [-0.15, -0.1) is 0 Å². The average Bonchev–Trinajstić information content (AvgIpc) is 3.34. The van der Waals surface area contributed by atoms with E-state index in [1.54, 1.807) is 0 Å². The summed E-state index contributed by atoms with van der Waals surface area (Å²) in [7, 11) is 0. The molecule has 6 aromatic rings. The molecule has 1 unspecified atom stereocenters. The van der Waals surface area contributed by atoms with Crippen molar-refractivity contribution in [1.29, 1.82) is 0 Å². The first kappa shape index (κ1) is 36.0. The maximum absolute atomic E-state index is 5.10. The Balaban J connectivity index is 1.35. The molecule has 0 fully saturated rings. The van der Waals surface area contributed by atoms with Gasteiger partial charge in [0.15, 0.2) is 0 Å². The largest absolute Gasteiger partial charge is 0.260 e. The van der Waals surface area contributed by atoms with Crippen molar-refractivity contribution in [1.82, 2.24) is 4.98 Å². The molecule has 1 heteroatoms. The highest BCUT2D eigenvalue weighted by atomic mass is 14.7. The van der Waals surface area contributed by atoms with Gasteiger partial charge in [-0.3, -0.25) is 4.98 Å². The highest BCUT2D eigenvalue weighted by Crippen LogP contribution is 2.58. The molecular weight excluding hydrogens is 663 g/mol. The summed E-state index contributed by atoms with van der Waals surface area (Å²) >= 11 is 0. The number of hydrogen-bond donors (Lipinski definition) is 0. The van der Waals surface area contributed by atoms with Gasteiger partial charge in [0.1, 0.15) is 0 Å². The third-order valence-corrected chi connectivity index (χ3v) is 11.8. The fraction of sp³-hybridized carbons (Fsp3) is 0.167. The Hall–Kier alpha value is -6.05. The van der Waals surface area contributed by atoms with Gasteiger partial charge in [-0.05, 0) is 131 Å². The van der Waals surface area contributed by atoms with E-state index in [4.69, 9.17) is 4.98 Å². The fourth-order valence-corrected chi connectivity index (χ4v) is 9.28. The van der Waals surface area contributed by atoms with Crippen LogP contribution < -0.4 is 0 Å². The molecule has 1 atom stereocenters. The zero-order chi connectivity index (χ0) is 37.8. The number of pyridine rings is 1. The van der Waals surface area contributed by atoms with E-state index in [-0.39, 0.29) is 0 Å². The van der Waals surface area contributed by atoms with Crippen LogP contribution in [-0.2, 0) is 10.8 Å². The first-order valence-electron chi connectivity index (χ1n) is 19.8. The van der Waals surface area contributed by atoms with Crippen molar-refractivity contribution in [3.63, 3.8) is 0 Å². The molecule has 0 saturated carbocycles. The van der Waals surface area contributed by atoms with Crippen molar-refractivity contribution < 1.29 is 0 Å². The second kappa shape index (κ2) is 15.4. The number of allylic oxidation sites excluding steroid dienone is 10. The minimum atomic E-state index is -0.498. The van der Waals surface area contributed by atoms with Gasteiger partial charge in [-0.25, -0.2) is 0 Å². The highest BCUT2D eigenvalue weighted by Gasteiger charge is 2.48. The van der Waals surface area contributed by atoms with E-state index in [2.05, 4.69) is 204 Å². The van der Waals surface area contributed by atoms with Crippen molar-refractivity contribution in [3.8, 4) is 22.3 Å². The zero-order valence-corrected chi connectivity index (χ0v) is 32.5. The normalized spacial score (nSPS) is 17.1. The van der Waals surface area contributed by atoms with Crippen LogP contribution in [0, 0.1) is 6.92 Å². The maximum Gasteiger partial charge on any atom is 0.0882 e. The number of benzene rings is 5. The van der Waals surface area contributed by atoms with Gasteiger partial charge in [-0.1, -0.05) is 170 Å². The maximum atomic E-state index is 5.10. The first-order valence-corrected chi connectivity index (χ1v) is 19.8. The zero-order valence-electron chi connectivity index (χ0n) is 32.5. The van der Waals surface area contributed by atoms with Gasteiger partial charge in [0.25, 0.3) is 0 Å². The van der Waals surface area contributed by atoms with Crippen molar-refractivity contribution in [2.24, 2.45) is 0 Å². The second-order valence-corrected chi connectivity index (χ2v) is 14.9. The third-order valence-electron chi connectivity index (χ3n) is 11.8. The minimum Gasteiger partial charge on any atom is -0.260 e. The molecule has 8 rings (SSSR count). The van der Waals surface area contributed by atoms with E-state index in [0.717, 1.165) is 25.0 Å². The molecule has 0 N–H and O–H groups in total. The summed E-state index contributed by atoms with van der Waals surface area (Å²) in [6.45, 7) is 8.89. The molecule has 1 nitrogen and oxygen atoms in total. The standard InChI is InChI=1S/C54H49N/c1-5-22-46(48(23-6-2)53(4,41-24-13-9-14-25-41)42-26-15-10-16-27-42)44-36-35-40(38-39(44)3)45-31-21-33-50-52(45)47-30-17-18-32-49(47)54(50,51-34-19-20-37-55-51)43-28-11-7-8-12-29-43/h5-6,9-11,13-38H,7-8,12H2,1-4H3/b22-5-,23-6-,48-46-. The van der Waals surface area contributed by atoms with Crippen LogP contribution in [0.4, 0.5) is 0 Å². The lowest BCUT2D eigenvalue weighted by atomic mass is 9.68. The van der Waals surface area contributed by atoms with Gasteiger partial charge in [0, 0.05) is 11.6 Å². The van der Waals surface area contributed by atoms with Crippen LogP contribution >= 0.6 is 0 Å². The van der Waals surface area contributed by atoms with Crippen LogP contribution in [0.15, 0.2) is 199 Å². The van der Waals surface area contributed by atoms with Crippen LogP contribution in [-0.4, -0.2) is 4.98 Å². The molecule has 0 saturated heterocycles. The van der Waals surface area contributed by atoms with E-state index in [0.29, 0.717) is 0 Å². The topological polar surface area (TPSA) is 12.9 Å². The Morgan fingerprint density at radius 3 is 2.04 bits per heavy atom. The predicted octanol–water partition coefficient (Wildman–Crippen LogP) is 14.0. The molecule has 1 aromatic heterocycles. The number of hydrogen-bond acceptors (Lipinski definition) is 1. The van der Waals surface area contributed by atoms with Crippen molar-refractivity contribution in [2.45, 2.75) is 57.8 Å². The van der Waals surface area contributed by atoms with Gasteiger partial charge in [-0.2, -0.15) is 0 Å². The van der Waals surface area contributed by atoms with Crippen LogP contribution in [0.2, 0.25) is 0 Å². The molecule has 1 heterocycles. The van der Waals surface area contributed by atoms with Crippen LogP contribution in [0.3, 0.4) is 0 Å². The number of rotatable bonds is 9. The van der Waals surface area contributed by atoms with Gasteiger partial charge in [0.2, 0.25) is 0 Å². The number of fused-ring (bicyclic) bond motifs is 3. The summed E-state index contributed by atoms with van der Waals surface area (Å²) in [5.74, 6) is 0. The average molecular weight is 712 g/mol. The lowest BCUT2D eigenvalue weighted by Gasteiger charge is -2.35. The number of nitrogens with zero attached hydrogens (tertiary/aromatic N) is 1. The van der Waals surface area contributed by atoms with Gasteiger partial charge in [0.05, 0.1) is 11.1 Å². The van der Waals surface area contributed by atoms with E-state index in [9.17, 15) is 0 Å². The molecule has 0 aliphatic heterocycles. The summed E-state index contributed by atoms with van der Waals surface area (Å²) in [6, 6.07) is 51.3. The SMILES string of the molecule is C\C=C/C(=C(\C=C/C)C(C)(c1ccccc1)c1ccccc1)c1ccc(-c2cccc3c2-c2ccccc2C3(C2=CCCCC=C2)c2ccccn2)cc1C. The molecule has 0 radical (unpaired) electrons. The third kappa shape index (κ3) is 6.09. The Morgan fingerprint density at radius 1 is 0.673 bits per heavy atom. The molecule has 55 heavy (non-hydrogen) atoms. The Labute approximate surface area is 327 Å². The summed E-state index contributed by atoms with van der Waals surface area (Å²) in [4.78, 5) is 5.10. The van der Waals surface area contributed by atoms with Crippen molar-refractivity contribution in [2.75, 3.05) is 0 Å². The van der Waals surface area contributed by atoms with Crippen molar-refractivity contribution in [3.05, 3.63) is 238 Å². The van der Waals surface area contributed by atoms with E-state index in [1.807, 2.05) is 12.3 Å². The Morgan fingerprint density at radius 2 is 1.35 bits per heavy atom. The molecule has 2 aliphatic carbocycles. The molecule has 5 aromatic carbocycles. The number of aromatic nitrogens is 1. The first-order chi connectivity index (χ1) is 27.0. The number of aryl methyl sites for hydroxylation is 1.